The molecule has 0 aromatic heterocycles. The molecule has 0 aromatic carbocycles. The Balaban J connectivity index is 2.73. The second-order valence-corrected chi connectivity index (χ2v) is 4.24. The Morgan fingerprint density at radius 1 is 0.833 bits per heavy atom. The molecular weight excluding hydrogens is 166 g/mol. The van der Waals surface area contributed by atoms with Crippen molar-refractivity contribution in [2.45, 2.75) is 44.9 Å². The third kappa shape index (κ3) is 10.3. The van der Waals surface area contributed by atoms with Crippen molar-refractivity contribution in [2.24, 2.45) is 5.73 Å². The van der Waals surface area contributed by atoms with Crippen molar-refractivity contribution in [3.05, 3.63) is 0 Å². The van der Waals surface area contributed by atoms with E-state index >= 15 is 0 Å². The average Bonchev–Trinajstić information content (AvgIpc) is 2.10. The molecule has 0 bridgehead atoms. The number of rotatable bonds is 9. The topological polar surface area (TPSA) is 26.0 Å². The Hall–Kier alpha value is 0.310. The van der Waals surface area contributed by atoms with Gasteiger partial charge in [-0.05, 0) is 31.4 Å². The molecule has 0 aromatic rings. The summed E-state index contributed by atoms with van der Waals surface area (Å²) in [5.74, 6) is 1.34. The number of thioether (sulfide) groups is 1. The molecule has 0 rings (SSSR count). The molecule has 0 saturated heterocycles. The standard InChI is InChI=1S/C10H23NS/c1-12-10-8-6-4-2-3-5-7-9-11/h2-11H2,1H3. The second kappa shape index (κ2) is 11.3. The van der Waals surface area contributed by atoms with E-state index in [1.54, 1.807) is 0 Å². The van der Waals surface area contributed by atoms with E-state index in [1.807, 2.05) is 11.8 Å². The maximum atomic E-state index is 5.41. The van der Waals surface area contributed by atoms with Gasteiger partial charge >= 0.3 is 0 Å². The van der Waals surface area contributed by atoms with E-state index in [-0.39, 0.29) is 0 Å². The highest BCUT2D eigenvalue weighted by molar-refractivity contribution is 7.98. The summed E-state index contributed by atoms with van der Waals surface area (Å²) in [5, 5.41) is 0. The normalized spacial score (nSPS) is 10.5. The maximum Gasteiger partial charge on any atom is -0.00703 e. The summed E-state index contributed by atoms with van der Waals surface area (Å²) < 4.78 is 0. The lowest BCUT2D eigenvalue weighted by molar-refractivity contribution is 0.594. The van der Waals surface area contributed by atoms with Gasteiger partial charge in [-0.2, -0.15) is 11.8 Å². The molecule has 0 heterocycles. The van der Waals surface area contributed by atoms with Crippen molar-refractivity contribution in [2.75, 3.05) is 18.6 Å². The SMILES string of the molecule is CSCCCCCCCCCN. The molecule has 0 fully saturated rings. The maximum absolute atomic E-state index is 5.41. The van der Waals surface area contributed by atoms with Gasteiger partial charge in [0.05, 0.1) is 0 Å². The van der Waals surface area contributed by atoms with Gasteiger partial charge in [0, 0.05) is 0 Å². The highest BCUT2D eigenvalue weighted by atomic mass is 32.2. The van der Waals surface area contributed by atoms with Crippen LogP contribution in [0.5, 0.6) is 0 Å². The minimum Gasteiger partial charge on any atom is -0.330 e. The van der Waals surface area contributed by atoms with Crippen LogP contribution < -0.4 is 5.73 Å². The largest absolute Gasteiger partial charge is 0.330 e. The van der Waals surface area contributed by atoms with Crippen LogP contribution in [0.2, 0.25) is 0 Å². The van der Waals surface area contributed by atoms with Crippen LogP contribution in [0.3, 0.4) is 0 Å². The summed E-state index contributed by atoms with van der Waals surface area (Å²) >= 11 is 1.96. The molecule has 0 spiro atoms. The van der Waals surface area contributed by atoms with Gasteiger partial charge in [0.2, 0.25) is 0 Å². The van der Waals surface area contributed by atoms with E-state index in [1.165, 1.54) is 50.7 Å². The highest BCUT2D eigenvalue weighted by Crippen LogP contribution is 2.08. The molecule has 2 N–H and O–H groups in total. The van der Waals surface area contributed by atoms with E-state index < -0.39 is 0 Å². The van der Waals surface area contributed by atoms with Crippen LogP contribution in [0.15, 0.2) is 0 Å². The van der Waals surface area contributed by atoms with E-state index in [2.05, 4.69) is 6.26 Å². The molecule has 0 radical (unpaired) electrons. The van der Waals surface area contributed by atoms with Crippen molar-refractivity contribution >= 4 is 11.8 Å². The van der Waals surface area contributed by atoms with Crippen LogP contribution in [0.1, 0.15) is 44.9 Å². The van der Waals surface area contributed by atoms with Crippen LogP contribution in [0.25, 0.3) is 0 Å². The quantitative estimate of drug-likeness (QED) is 0.564. The summed E-state index contributed by atoms with van der Waals surface area (Å²) in [6, 6.07) is 0. The third-order valence-corrected chi connectivity index (χ3v) is 2.75. The Kier molecular flexibility index (Phi) is 11.6. The smallest absolute Gasteiger partial charge is 0.00703 e. The molecule has 0 aliphatic carbocycles. The van der Waals surface area contributed by atoms with Gasteiger partial charge in [-0.25, -0.2) is 0 Å². The molecule has 0 aliphatic heterocycles. The van der Waals surface area contributed by atoms with Gasteiger partial charge in [-0.15, -0.1) is 0 Å². The first-order valence-electron chi connectivity index (χ1n) is 5.11. The van der Waals surface area contributed by atoms with Crippen molar-refractivity contribution < 1.29 is 0 Å². The lowest BCUT2D eigenvalue weighted by atomic mass is 10.1. The molecule has 0 amide bonds. The first kappa shape index (κ1) is 12.3. The lowest BCUT2D eigenvalue weighted by Gasteiger charge is -1.99. The average molecular weight is 189 g/mol. The molecule has 0 aliphatic rings. The Morgan fingerprint density at radius 3 is 1.83 bits per heavy atom. The Bertz CT molecular complexity index is 66.2. The van der Waals surface area contributed by atoms with Crippen molar-refractivity contribution in [1.29, 1.82) is 0 Å². The van der Waals surface area contributed by atoms with Crippen LogP contribution in [-0.2, 0) is 0 Å². The molecule has 0 unspecified atom stereocenters. The summed E-state index contributed by atoms with van der Waals surface area (Å²) in [6.07, 6.45) is 11.8. The predicted octanol–water partition coefficient (Wildman–Crippen LogP) is 3.04. The summed E-state index contributed by atoms with van der Waals surface area (Å²) in [5.41, 5.74) is 5.41. The third-order valence-electron chi connectivity index (χ3n) is 2.05. The second-order valence-electron chi connectivity index (χ2n) is 3.26. The molecule has 0 saturated carbocycles. The number of hydrogen-bond donors (Lipinski definition) is 1. The number of nitrogens with two attached hydrogens (primary N) is 1. The molecule has 12 heavy (non-hydrogen) atoms. The van der Waals surface area contributed by atoms with Gasteiger partial charge in [-0.1, -0.05) is 32.1 Å². The van der Waals surface area contributed by atoms with Gasteiger partial charge in [0.15, 0.2) is 0 Å². The zero-order valence-corrected chi connectivity index (χ0v) is 9.17. The van der Waals surface area contributed by atoms with Gasteiger partial charge in [0.1, 0.15) is 0 Å². The number of hydrogen-bond acceptors (Lipinski definition) is 2. The predicted molar refractivity (Wildman–Crippen MR) is 59.8 cm³/mol. The fraction of sp³-hybridized carbons (Fsp3) is 1.00. The molecule has 0 atom stereocenters. The first-order chi connectivity index (χ1) is 5.91. The lowest BCUT2D eigenvalue weighted by Crippen LogP contribution is -1.97. The zero-order chi connectivity index (χ0) is 9.07. The van der Waals surface area contributed by atoms with E-state index in [9.17, 15) is 0 Å². The van der Waals surface area contributed by atoms with E-state index in [4.69, 9.17) is 5.73 Å². The van der Waals surface area contributed by atoms with Crippen molar-refractivity contribution in [3.63, 3.8) is 0 Å². The zero-order valence-electron chi connectivity index (χ0n) is 8.35. The summed E-state index contributed by atoms with van der Waals surface area (Å²) in [4.78, 5) is 0. The van der Waals surface area contributed by atoms with Gasteiger partial charge in [0.25, 0.3) is 0 Å². The van der Waals surface area contributed by atoms with Crippen LogP contribution >= 0.6 is 11.8 Å². The Morgan fingerprint density at radius 2 is 1.33 bits per heavy atom. The van der Waals surface area contributed by atoms with Crippen molar-refractivity contribution in [3.8, 4) is 0 Å². The van der Waals surface area contributed by atoms with E-state index in [0.29, 0.717) is 0 Å². The minimum atomic E-state index is 0.868. The van der Waals surface area contributed by atoms with Crippen LogP contribution in [0, 0.1) is 0 Å². The van der Waals surface area contributed by atoms with Crippen molar-refractivity contribution in [1.82, 2.24) is 0 Å². The summed E-state index contributed by atoms with van der Waals surface area (Å²) in [6.45, 7) is 0.868. The van der Waals surface area contributed by atoms with Crippen LogP contribution in [0.4, 0.5) is 0 Å². The molecule has 2 heteroatoms. The molecule has 74 valence electrons. The fourth-order valence-electron chi connectivity index (χ4n) is 1.27. The van der Waals surface area contributed by atoms with E-state index in [0.717, 1.165) is 6.54 Å². The minimum absolute atomic E-state index is 0.868. The monoisotopic (exact) mass is 189 g/mol. The fourth-order valence-corrected chi connectivity index (χ4v) is 1.77. The first-order valence-corrected chi connectivity index (χ1v) is 6.50. The van der Waals surface area contributed by atoms with Crippen LogP contribution in [-0.4, -0.2) is 18.6 Å². The van der Waals surface area contributed by atoms with Gasteiger partial charge in [-0.3, -0.25) is 0 Å². The highest BCUT2D eigenvalue weighted by Gasteiger charge is 1.90. The molecular formula is C10H23NS. The van der Waals surface area contributed by atoms with Gasteiger partial charge < -0.3 is 5.73 Å². The Labute approximate surface area is 81.5 Å². The molecule has 1 nitrogen and oxygen atoms in total. The summed E-state index contributed by atoms with van der Waals surface area (Å²) in [7, 11) is 0. The number of unbranched alkanes of at least 4 members (excludes halogenated alkanes) is 6.